The zero-order valence-corrected chi connectivity index (χ0v) is 18.6. The van der Waals surface area contributed by atoms with Gasteiger partial charge in [0, 0.05) is 11.5 Å². The van der Waals surface area contributed by atoms with Crippen LogP contribution in [0, 0.1) is 5.92 Å². The standard InChI is InChI=1S/C23H27NO7S/c1-16(10-12-30-20(26)15-32)21(18-8-5-9-19(14-18)29-13-11-25)31-23(28)24-22(27)17-6-3-2-4-7-17/h2-9,14,16,21,25,32H,10-13,15H2,1H3,(H,24,27,28)/t16-,21-/m0/s1. The van der Waals surface area contributed by atoms with E-state index in [2.05, 4.69) is 17.9 Å². The zero-order valence-electron chi connectivity index (χ0n) is 17.7. The molecule has 0 aliphatic carbocycles. The lowest BCUT2D eigenvalue weighted by atomic mass is 9.94. The molecule has 2 rings (SSSR count). The Morgan fingerprint density at radius 2 is 1.81 bits per heavy atom. The average molecular weight is 462 g/mol. The predicted molar refractivity (Wildman–Crippen MR) is 121 cm³/mol. The summed E-state index contributed by atoms with van der Waals surface area (Å²) in [7, 11) is 0. The third-order valence-corrected chi connectivity index (χ3v) is 4.77. The summed E-state index contributed by atoms with van der Waals surface area (Å²) >= 11 is 3.87. The summed E-state index contributed by atoms with van der Waals surface area (Å²) in [5.41, 5.74) is 0.961. The summed E-state index contributed by atoms with van der Waals surface area (Å²) in [5, 5.41) is 11.2. The van der Waals surface area contributed by atoms with E-state index in [4.69, 9.17) is 19.3 Å². The highest BCUT2D eigenvalue weighted by Gasteiger charge is 2.25. The van der Waals surface area contributed by atoms with Crippen LogP contribution in [0.25, 0.3) is 0 Å². The number of carbonyl (C=O) groups excluding carboxylic acids is 3. The van der Waals surface area contributed by atoms with Gasteiger partial charge in [-0.05, 0) is 36.2 Å². The molecule has 0 saturated carbocycles. The lowest BCUT2D eigenvalue weighted by Gasteiger charge is -2.25. The molecule has 2 aromatic carbocycles. The van der Waals surface area contributed by atoms with Gasteiger partial charge in [0.1, 0.15) is 18.5 Å². The number of ether oxygens (including phenoxy) is 3. The Labute approximate surface area is 192 Å². The van der Waals surface area contributed by atoms with Crippen LogP contribution in [0.15, 0.2) is 54.6 Å². The zero-order chi connectivity index (χ0) is 23.3. The molecular formula is C23H27NO7S. The van der Waals surface area contributed by atoms with E-state index in [1.165, 1.54) is 0 Å². The number of imide groups is 1. The van der Waals surface area contributed by atoms with Crippen LogP contribution >= 0.6 is 12.6 Å². The van der Waals surface area contributed by atoms with Gasteiger partial charge in [0.15, 0.2) is 0 Å². The van der Waals surface area contributed by atoms with Crippen LogP contribution in [0.5, 0.6) is 5.75 Å². The van der Waals surface area contributed by atoms with Crippen molar-refractivity contribution < 1.29 is 33.7 Å². The first kappa shape index (κ1) is 25.2. The number of rotatable bonds is 11. The quantitative estimate of drug-likeness (QED) is 0.348. The molecule has 0 radical (unpaired) electrons. The maximum atomic E-state index is 12.5. The van der Waals surface area contributed by atoms with Gasteiger partial charge in [0.25, 0.3) is 5.91 Å². The Morgan fingerprint density at radius 3 is 2.50 bits per heavy atom. The lowest BCUT2D eigenvalue weighted by Crippen LogP contribution is -2.33. The molecule has 2 N–H and O–H groups in total. The molecule has 2 atom stereocenters. The second-order valence-corrected chi connectivity index (χ2v) is 7.25. The molecule has 9 heteroatoms. The summed E-state index contributed by atoms with van der Waals surface area (Å²) in [6.45, 7) is 1.95. The van der Waals surface area contributed by atoms with Gasteiger partial charge in [-0.2, -0.15) is 12.6 Å². The first-order valence-corrected chi connectivity index (χ1v) is 10.7. The van der Waals surface area contributed by atoms with Crippen LogP contribution in [-0.4, -0.2) is 48.6 Å². The van der Waals surface area contributed by atoms with E-state index in [-0.39, 0.29) is 31.5 Å². The van der Waals surface area contributed by atoms with Gasteiger partial charge < -0.3 is 19.3 Å². The number of aliphatic hydroxyl groups is 1. The van der Waals surface area contributed by atoms with Crippen molar-refractivity contribution in [2.24, 2.45) is 5.92 Å². The molecule has 0 bridgehead atoms. The minimum Gasteiger partial charge on any atom is -0.491 e. The number of carbonyl (C=O) groups is 3. The Morgan fingerprint density at radius 1 is 1.06 bits per heavy atom. The third kappa shape index (κ3) is 8.24. The largest absolute Gasteiger partial charge is 0.491 e. The fourth-order valence-electron chi connectivity index (χ4n) is 2.91. The second-order valence-electron chi connectivity index (χ2n) is 6.94. The monoisotopic (exact) mass is 461 g/mol. The highest BCUT2D eigenvalue weighted by atomic mass is 32.1. The minimum atomic E-state index is -0.898. The summed E-state index contributed by atoms with van der Waals surface area (Å²) in [5.74, 6) is -0.802. The van der Waals surface area contributed by atoms with Gasteiger partial charge in [0.05, 0.1) is 19.0 Å². The van der Waals surface area contributed by atoms with E-state index >= 15 is 0 Å². The summed E-state index contributed by atoms with van der Waals surface area (Å²) in [6.07, 6.45) is -1.23. The second kappa shape index (κ2) is 13.4. The van der Waals surface area contributed by atoms with Gasteiger partial charge in [-0.15, -0.1) is 0 Å². The van der Waals surface area contributed by atoms with Crippen LogP contribution in [0.1, 0.15) is 35.4 Å². The number of thiol groups is 1. The third-order valence-electron chi connectivity index (χ3n) is 4.51. The van der Waals surface area contributed by atoms with Crippen molar-refractivity contribution in [2.75, 3.05) is 25.6 Å². The normalized spacial score (nSPS) is 12.3. The van der Waals surface area contributed by atoms with Crippen molar-refractivity contribution >= 4 is 30.6 Å². The van der Waals surface area contributed by atoms with Crippen molar-refractivity contribution in [3.8, 4) is 5.75 Å². The molecule has 0 aliphatic heterocycles. The van der Waals surface area contributed by atoms with Crippen LogP contribution in [0.3, 0.4) is 0 Å². The smallest absolute Gasteiger partial charge is 0.414 e. The van der Waals surface area contributed by atoms with Crippen molar-refractivity contribution in [1.29, 1.82) is 0 Å². The van der Waals surface area contributed by atoms with E-state index in [1.807, 2.05) is 6.92 Å². The number of hydrogen-bond donors (Lipinski definition) is 3. The molecule has 0 heterocycles. The average Bonchev–Trinajstić information content (AvgIpc) is 2.81. The molecule has 0 aliphatic rings. The van der Waals surface area contributed by atoms with Crippen molar-refractivity contribution in [3.05, 3.63) is 65.7 Å². The highest BCUT2D eigenvalue weighted by Crippen LogP contribution is 2.31. The van der Waals surface area contributed by atoms with E-state index in [0.717, 1.165) is 0 Å². The Bertz CT molecular complexity index is 891. The number of aliphatic hydroxyl groups excluding tert-OH is 1. The molecule has 32 heavy (non-hydrogen) atoms. The van der Waals surface area contributed by atoms with E-state index in [0.29, 0.717) is 23.3 Å². The molecule has 2 aromatic rings. The summed E-state index contributed by atoms with van der Waals surface area (Å²) in [6, 6.07) is 15.2. The minimum absolute atomic E-state index is 0.0252. The number of amides is 2. The van der Waals surface area contributed by atoms with E-state index in [1.54, 1.807) is 54.6 Å². The maximum Gasteiger partial charge on any atom is 0.414 e. The molecule has 0 unspecified atom stereocenters. The summed E-state index contributed by atoms with van der Waals surface area (Å²) in [4.78, 5) is 36.1. The Kier molecular flexibility index (Phi) is 10.6. The van der Waals surface area contributed by atoms with Gasteiger partial charge in [-0.1, -0.05) is 37.3 Å². The maximum absolute atomic E-state index is 12.5. The van der Waals surface area contributed by atoms with Gasteiger partial charge in [0.2, 0.25) is 0 Å². The number of nitrogens with one attached hydrogen (secondary N) is 1. The molecule has 0 aromatic heterocycles. The van der Waals surface area contributed by atoms with Crippen molar-refractivity contribution in [2.45, 2.75) is 19.4 Å². The number of hydrogen-bond acceptors (Lipinski definition) is 8. The number of alkyl carbamates (subject to hydrolysis) is 1. The van der Waals surface area contributed by atoms with Crippen LogP contribution in [0.4, 0.5) is 4.79 Å². The number of benzene rings is 2. The summed E-state index contributed by atoms with van der Waals surface area (Å²) < 4.78 is 16.1. The van der Waals surface area contributed by atoms with Gasteiger partial charge in [-0.25, -0.2) is 4.79 Å². The lowest BCUT2D eigenvalue weighted by molar-refractivity contribution is -0.141. The molecule has 8 nitrogen and oxygen atoms in total. The highest BCUT2D eigenvalue weighted by molar-refractivity contribution is 7.81. The van der Waals surface area contributed by atoms with E-state index in [9.17, 15) is 14.4 Å². The molecule has 0 spiro atoms. The molecular weight excluding hydrogens is 434 g/mol. The molecule has 0 fully saturated rings. The molecule has 172 valence electrons. The van der Waals surface area contributed by atoms with Gasteiger partial charge in [-0.3, -0.25) is 14.9 Å². The topological polar surface area (TPSA) is 111 Å². The van der Waals surface area contributed by atoms with Crippen LogP contribution in [-0.2, 0) is 14.3 Å². The van der Waals surface area contributed by atoms with Gasteiger partial charge >= 0.3 is 12.1 Å². The molecule has 0 saturated heterocycles. The van der Waals surface area contributed by atoms with Crippen LogP contribution < -0.4 is 10.1 Å². The fourth-order valence-corrected chi connectivity index (χ4v) is 3.00. The Hall–Kier alpha value is -3.04. The first-order valence-electron chi connectivity index (χ1n) is 10.1. The first-order chi connectivity index (χ1) is 15.4. The van der Waals surface area contributed by atoms with Crippen LogP contribution in [0.2, 0.25) is 0 Å². The van der Waals surface area contributed by atoms with E-state index < -0.39 is 24.1 Å². The predicted octanol–water partition coefficient (Wildman–Crippen LogP) is 3.16. The number of esters is 1. The fraction of sp³-hybridized carbons (Fsp3) is 0.348. The SMILES string of the molecule is C[C@@H](CCOC(=O)CS)[C@H](OC(=O)NC(=O)c1ccccc1)c1cccc(OCCO)c1. The van der Waals surface area contributed by atoms with Crippen molar-refractivity contribution in [3.63, 3.8) is 0 Å². The van der Waals surface area contributed by atoms with Crippen molar-refractivity contribution in [1.82, 2.24) is 5.32 Å². The molecule has 2 amide bonds. The Balaban J connectivity index is 2.13.